The summed E-state index contributed by atoms with van der Waals surface area (Å²) in [5.41, 5.74) is 1.18. The number of nitrogens with zero attached hydrogens (tertiary/aromatic N) is 3. The van der Waals surface area contributed by atoms with Crippen LogP contribution in [0.1, 0.15) is 37.7 Å². The standard InChI is InChI=1S/C17H19ClN4O3/c1-11-13(18)8-5-9-14(11)21-16-15(22(23)24)17(20-10-19-16)25-12-6-3-2-4-7-12/h5,8-10,12H,2-4,6-7H2,1H3,(H,19,20,21). The van der Waals surface area contributed by atoms with Crippen molar-refractivity contribution in [1.82, 2.24) is 9.97 Å². The van der Waals surface area contributed by atoms with E-state index in [9.17, 15) is 10.1 Å². The molecule has 1 fully saturated rings. The van der Waals surface area contributed by atoms with Gasteiger partial charge < -0.3 is 10.1 Å². The fourth-order valence-electron chi connectivity index (χ4n) is 2.92. The molecule has 1 N–H and O–H groups in total. The van der Waals surface area contributed by atoms with Gasteiger partial charge in [-0.2, -0.15) is 4.98 Å². The first-order valence-corrected chi connectivity index (χ1v) is 8.62. The molecule has 2 aromatic rings. The number of aromatic nitrogens is 2. The van der Waals surface area contributed by atoms with Crippen molar-refractivity contribution in [2.24, 2.45) is 0 Å². The molecule has 1 saturated carbocycles. The highest BCUT2D eigenvalue weighted by atomic mass is 35.5. The Morgan fingerprint density at radius 3 is 2.76 bits per heavy atom. The molecule has 0 unspecified atom stereocenters. The third-order valence-corrected chi connectivity index (χ3v) is 4.73. The highest BCUT2D eigenvalue weighted by Gasteiger charge is 2.27. The van der Waals surface area contributed by atoms with Crippen molar-refractivity contribution >= 4 is 28.8 Å². The quantitative estimate of drug-likeness (QED) is 0.606. The van der Waals surface area contributed by atoms with E-state index in [1.165, 1.54) is 12.7 Å². The molecule has 1 aliphatic carbocycles. The SMILES string of the molecule is Cc1c(Cl)cccc1Nc1ncnc(OC2CCCCC2)c1[N+](=O)[O-]. The number of benzene rings is 1. The van der Waals surface area contributed by atoms with Gasteiger partial charge in [-0.05, 0) is 50.3 Å². The second-order valence-corrected chi connectivity index (χ2v) is 6.46. The second kappa shape index (κ2) is 7.65. The van der Waals surface area contributed by atoms with Gasteiger partial charge in [0.2, 0.25) is 5.82 Å². The van der Waals surface area contributed by atoms with Gasteiger partial charge in [-0.3, -0.25) is 10.1 Å². The van der Waals surface area contributed by atoms with E-state index in [-0.39, 0.29) is 23.5 Å². The van der Waals surface area contributed by atoms with Crippen molar-refractivity contribution in [3.8, 4) is 5.88 Å². The summed E-state index contributed by atoms with van der Waals surface area (Å²) in [4.78, 5) is 19.1. The number of hydrogen-bond acceptors (Lipinski definition) is 6. The van der Waals surface area contributed by atoms with Crippen LogP contribution in [0.4, 0.5) is 17.2 Å². The molecule has 1 aromatic heterocycles. The molecule has 25 heavy (non-hydrogen) atoms. The van der Waals surface area contributed by atoms with Crippen LogP contribution in [-0.2, 0) is 0 Å². The van der Waals surface area contributed by atoms with Crippen molar-refractivity contribution < 1.29 is 9.66 Å². The minimum Gasteiger partial charge on any atom is -0.469 e. The summed E-state index contributed by atoms with van der Waals surface area (Å²) < 4.78 is 5.82. The molecule has 1 heterocycles. The predicted molar refractivity (Wildman–Crippen MR) is 95.7 cm³/mol. The Kier molecular flexibility index (Phi) is 5.33. The summed E-state index contributed by atoms with van der Waals surface area (Å²) in [6.45, 7) is 1.83. The summed E-state index contributed by atoms with van der Waals surface area (Å²) in [7, 11) is 0. The maximum Gasteiger partial charge on any atom is 0.373 e. The van der Waals surface area contributed by atoms with Crippen LogP contribution in [0.3, 0.4) is 0 Å². The third kappa shape index (κ3) is 3.99. The summed E-state index contributed by atoms with van der Waals surface area (Å²) >= 11 is 6.11. The van der Waals surface area contributed by atoms with Crippen molar-refractivity contribution in [2.45, 2.75) is 45.1 Å². The molecule has 132 valence electrons. The van der Waals surface area contributed by atoms with Crippen LogP contribution in [0.15, 0.2) is 24.5 Å². The zero-order valence-electron chi connectivity index (χ0n) is 13.9. The first kappa shape index (κ1) is 17.4. The molecule has 8 heteroatoms. The van der Waals surface area contributed by atoms with E-state index in [1.807, 2.05) is 6.92 Å². The van der Waals surface area contributed by atoms with Crippen LogP contribution >= 0.6 is 11.6 Å². The van der Waals surface area contributed by atoms with E-state index in [4.69, 9.17) is 16.3 Å². The van der Waals surface area contributed by atoms with Crippen molar-refractivity contribution in [3.05, 3.63) is 45.2 Å². The van der Waals surface area contributed by atoms with Gasteiger partial charge in [-0.15, -0.1) is 0 Å². The second-order valence-electron chi connectivity index (χ2n) is 6.05. The molecule has 7 nitrogen and oxygen atoms in total. The molecule has 1 aromatic carbocycles. The van der Waals surface area contributed by atoms with E-state index >= 15 is 0 Å². The lowest BCUT2D eigenvalue weighted by Gasteiger charge is -2.22. The fraction of sp³-hybridized carbons (Fsp3) is 0.412. The van der Waals surface area contributed by atoms with Gasteiger partial charge in [0, 0.05) is 10.7 Å². The molecule has 0 atom stereocenters. The number of rotatable bonds is 5. The third-order valence-electron chi connectivity index (χ3n) is 4.32. The summed E-state index contributed by atoms with van der Waals surface area (Å²) in [6, 6.07) is 5.31. The monoisotopic (exact) mass is 362 g/mol. The average molecular weight is 363 g/mol. The lowest BCUT2D eigenvalue weighted by atomic mass is 9.98. The van der Waals surface area contributed by atoms with Crippen LogP contribution in [-0.4, -0.2) is 21.0 Å². The molecule has 0 spiro atoms. The lowest BCUT2D eigenvalue weighted by Crippen LogP contribution is -2.21. The Labute approximate surface area is 150 Å². The largest absolute Gasteiger partial charge is 0.469 e. The topological polar surface area (TPSA) is 90.2 Å². The summed E-state index contributed by atoms with van der Waals surface area (Å²) in [6.07, 6.45) is 6.31. The fourth-order valence-corrected chi connectivity index (χ4v) is 3.09. The van der Waals surface area contributed by atoms with Gasteiger partial charge in [0.05, 0.1) is 4.92 Å². The number of nitro groups is 1. The minimum absolute atomic E-state index is 0.00841. The van der Waals surface area contributed by atoms with E-state index < -0.39 is 4.92 Å². The van der Waals surface area contributed by atoms with Gasteiger partial charge in [0.15, 0.2) is 0 Å². The van der Waals surface area contributed by atoms with Gasteiger partial charge >= 0.3 is 5.69 Å². The zero-order valence-corrected chi connectivity index (χ0v) is 14.6. The molecule has 0 bridgehead atoms. The highest BCUT2D eigenvalue weighted by molar-refractivity contribution is 6.31. The van der Waals surface area contributed by atoms with Crippen LogP contribution in [0, 0.1) is 17.0 Å². The molecule has 0 aliphatic heterocycles. The lowest BCUT2D eigenvalue weighted by molar-refractivity contribution is -0.385. The number of halogens is 1. The molecule has 1 aliphatic rings. The molecule has 0 radical (unpaired) electrons. The first-order valence-electron chi connectivity index (χ1n) is 8.24. The summed E-state index contributed by atoms with van der Waals surface area (Å²) in [5.74, 6) is 0.102. The van der Waals surface area contributed by atoms with Crippen molar-refractivity contribution in [1.29, 1.82) is 0 Å². The normalized spacial score (nSPS) is 15.0. The molecule has 0 amide bonds. The Morgan fingerprint density at radius 1 is 1.28 bits per heavy atom. The van der Waals surface area contributed by atoms with Gasteiger partial charge in [0.25, 0.3) is 5.88 Å². The van der Waals surface area contributed by atoms with Crippen LogP contribution in [0.25, 0.3) is 0 Å². The van der Waals surface area contributed by atoms with Gasteiger partial charge in [-0.1, -0.05) is 24.1 Å². The van der Waals surface area contributed by atoms with Crippen LogP contribution < -0.4 is 10.1 Å². The first-order chi connectivity index (χ1) is 12.1. The van der Waals surface area contributed by atoms with E-state index in [0.717, 1.165) is 31.2 Å². The van der Waals surface area contributed by atoms with E-state index in [1.54, 1.807) is 18.2 Å². The van der Waals surface area contributed by atoms with Gasteiger partial charge in [0.1, 0.15) is 12.4 Å². The molecule has 0 saturated heterocycles. The van der Waals surface area contributed by atoms with Gasteiger partial charge in [-0.25, -0.2) is 4.98 Å². The number of anilines is 2. The number of nitrogens with one attached hydrogen (secondary N) is 1. The number of ether oxygens (including phenoxy) is 1. The maximum absolute atomic E-state index is 11.6. The van der Waals surface area contributed by atoms with Crippen molar-refractivity contribution in [3.63, 3.8) is 0 Å². The van der Waals surface area contributed by atoms with Crippen LogP contribution in [0.2, 0.25) is 5.02 Å². The minimum atomic E-state index is -0.514. The average Bonchev–Trinajstić information content (AvgIpc) is 2.60. The number of hydrogen-bond donors (Lipinski definition) is 1. The molecule has 3 rings (SSSR count). The van der Waals surface area contributed by atoms with Crippen molar-refractivity contribution in [2.75, 3.05) is 5.32 Å². The molecular formula is C17H19ClN4O3. The Hall–Kier alpha value is -2.41. The Balaban J connectivity index is 1.92. The highest BCUT2D eigenvalue weighted by Crippen LogP contribution is 2.36. The zero-order chi connectivity index (χ0) is 17.8. The molecular weight excluding hydrogens is 344 g/mol. The Bertz CT molecular complexity index is 778. The Morgan fingerprint density at radius 2 is 2.04 bits per heavy atom. The predicted octanol–water partition coefficient (Wildman–Crippen LogP) is 4.80. The van der Waals surface area contributed by atoms with E-state index in [0.29, 0.717) is 10.7 Å². The van der Waals surface area contributed by atoms with E-state index in [2.05, 4.69) is 15.3 Å². The summed E-state index contributed by atoms with van der Waals surface area (Å²) in [5, 5.41) is 15.2. The smallest absolute Gasteiger partial charge is 0.373 e. The maximum atomic E-state index is 11.6. The van der Waals surface area contributed by atoms with Crippen LogP contribution in [0.5, 0.6) is 5.88 Å².